The lowest BCUT2D eigenvalue weighted by Gasteiger charge is -2.10. The summed E-state index contributed by atoms with van der Waals surface area (Å²) in [5.74, 6) is -1.15. The number of esters is 1. The van der Waals surface area contributed by atoms with Crippen LogP contribution in [0.2, 0.25) is 0 Å². The van der Waals surface area contributed by atoms with E-state index < -0.39 is 29.0 Å². The van der Waals surface area contributed by atoms with Gasteiger partial charge in [-0.05, 0) is 28.7 Å². The Morgan fingerprint density at radius 1 is 1.50 bits per heavy atom. The molecule has 8 heteroatoms. The fraction of sp³-hybridized carbons (Fsp3) is 0.250. The van der Waals surface area contributed by atoms with Crippen LogP contribution in [0.4, 0.5) is 13.2 Å². The van der Waals surface area contributed by atoms with Crippen molar-refractivity contribution >= 4 is 28.6 Å². The predicted octanol–water partition coefficient (Wildman–Crippen LogP) is 1.78. The molecule has 0 spiro atoms. The van der Waals surface area contributed by atoms with Gasteiger partial charge >= 0.3 is 12.1 Å². The number of pyridine rings is 1. The Morgan fingerprint density at radius 3 is 2.50 bits per heavy atom. The molecule has 0 aliphatic rings. The van der Waals surface area contributed by atoms with E-state index in [2.05, 4.69) is 4.74 Å². The van der Waals surface area contributed by atoms with Gasteiger partial charge in [-0.15, -0.1) is 0 Å². The van der Waals surface area contributed by atoms with Crippen molar-refractivity contribution in [2.24, 2.45) is 0 Å². The second kappa shape index (κ2) is 4.44. The summed E-state index contributed by atoms with van der Waals surface area (Å²) in [5, 5.41) is 0. The molecule has 1 rings (SSSR count). The molecule has 1 N–H and O–H groups in total. The van der Waals surface area contributed by atoms with E-state index in [1.807, 2.05) is 0 Å². The molecule has 0 fully saturated rings. The van der Waals surface area contributed by atoms with Gasteiger partial charge in [-0.25, -0.2) is 4.79 Å². The van der Waals surface area contributed by atoms with Gasteiger partial charge in [0.2, 0.25) is 0 Å². The smallest absolute Gasteiger partial charge is 0.432 e. The van der Waals surface area contributed by atoms with E-state index in [1.165, 1.54) is 22.6 Å². The van der Waals surface area contributed by atoms with Gasteiger partial charge < -0.3 is 9.72 Å². The molecule has 0 atom stereocenters. The highest BCUT2D eigenvalue weighted by Gasteiger charge is 2.37. The molecule has 88 valence electrons. The Hall–Kier alpha value is -1.06. The first kappa shape index (κ1) is 13.0. The maximum atomic E-state index is 12.5. The molecule has 0 aliphatic carbocycles. The number of hydrogen-bond acceptors (Lipinski definition) is 3. The average Bonchev–Trinajstić information content (AvgIpc) is 2.18. The number of alkyl halides is 3. The Labute approximate surface area is 101 Å². The van der Waals surface area contributed by atoms with Gasteiger partial charge in [0, 0.05) is 0 Å². The molecule has 0 radical (unpaired) electrons. The van der Waals surface area contributed by atoms with Crippen molar-refractivity contribution in [2.75, 3.05) is 7.11 Å². The normalized spacial score (nSPS) is 11.3. The van der Waals surface area contributed by atoms with Gasteiger partial charge in [0.05, 0.1) is 16.2 Å². The molecule has 0 saturated carbocycles. The summed E-state index contributed by atoms with van der Waals surface area (Å²) in [6.45, 7) is 0. The average molecular weight is 347 g/mol. The van der Waals surface area contributed by atoms with Crippen LogP contribution in [0.15, 0.2) is 10.9 Å². The lowest BCUT2D eigenvalue weighted by molar-refractivity contribution is -0.141. The number of aromatic amines is 1. The third-order valence-electron chi connectivity index (χ3n) is 1.68. The van der Waals surface area contributed by atoms with Gasteiger partial charge in [-0.2, -0.15) is 13.2 Å². The zero-order chi connectivity index (χ0) is 12.5. The summed E-state index contributed by atoms with van der Waals surface area (Å²) < 4.78 is 41.6. The third-order valence-corrected chi connectivity index (χ3v) is 2.49. The number of ether oxygens (including phenoxy) is 1. The van der Waals surface area contributed by atoms with Crippen molar-refractivity contribution in [3.63, 3.8) is 0 Å². The number of hydrogen-bond donors (Lipinski definition) is 1. The number of rotatable bonds is 1. The number of aromatic nitrogens is 1. The summed E-state index contributed by atoms with van der Waals surface area (Å²) in [6.07, 6.45) is -4.81. The van der Waals surface area contributed by atoms with Crippen LogP contribution in [0.5, 0.6) is 0 Å². The molecular weight excluding hydrogens is 342 g/mol. The van der Waals surface area contributed by atoms with E-state index in [4.69, 9.17) is 0 Å². The van der Waals surface area contributed by atoms with Crippen LogP contribution in [0.1, 0.15) is 16.1 Å². The number of nitrogens with one attached hydrogen (secondary N) is 1. The standard InChI is InChI=1S/C8H5F3INO3/c1-16-7(15)3-2-4(12)6(14)13-5(3)8(9,10)11/h2H,1H3,(H,13,14). The summed E-state index contributed by atoms with van der Waals surface area (Å²) in [4.78, 5) is 23.7. The zero-order valence-electron chi connectivity index (χ0n) is 7.81. The molecule has 1 heterocycles. The first-order chi connectivity index (χ1) is 7.27. The molecule has 4 nitrogen and oxygen atoms in total. The monoisotopic (exact) mass is 347 g/mol. The maximum Gasteiger partial charge on any atom is 0.432 e. The van der Waals surface area contributed by atoms with Gasteiger partial charge in [0.1, 0.15) is 5.69 Å². The van der Waals surface area contributed by atoms with Gasteiger partial charge in [-0.1, -0.05) is 0 Å². The van der Waals surface area contributed by atoms with Crippen LogP contribution < -0.4 is 5.56 Å². The fourth-order valence-electron chi connectivity index (χ4n) is 1.000. The lowest BCUT2D eigenvalue weighted by atomic mass is 10.2. The second-order valence-electron chi connectivity index (χ2n) is 2.72. The number of carbonyl (C=O) groups excluding carboxylic acids is 1. The molecule has 1 aromatic heterocycles. The Morgan fingerprint density at radius 2 is 2.06 bits per heavy atom. The highest BCUT2D eigenvalue weighted by Crippen LogP contribution is 2.30. The van der Waals surface area contributed by atoms with Gasteiger partial charge in [0.15, 0.2) is 0 Å². The van der Waals surface area contributed by atoms with E-state index in [-0.39, 0.29) is 3.57 Å². The predicted molar refractivity (Wildman–Crippen MR) is 56.1 cm³/mol. The first-order valence-electron chi connectivity index (χ1n) is 3.85. The largest absolute Gasteiger partial charge is 0.465 e. The van der Waals surface area contributed by atoms with Crippen LogP contribution in [0.25, 0.3) is 0 Å². The van der Waals surface area contributed by atoms with E-state index in [1.54, 1.807) is 4.98 Å². The highest BCUT2D eigenvalue weighted by atomic mass is 127. The summed E-state index contributed by atoms with van der Waals surface area (Å²) in [7, 11) is 0.959. The molecule has 1 aromatic rings. The van der Waals surface area contributed by atoms with Crippen molar-refractivity contribution in [3.05, 3.63) is 31.2 Å². The summed E-state index contributed by atoms with van der Waals surface area (Å²) in [6, 6.07) is 0.841. The van der Waals surface area contributed by atoms with Crippen LogP contribution in [0.3, 0.4) is 0 Å². The molecule has 0 aromatic carbocycles. The van der Waals surface area contributed by atoms with Crippen LogP contribution in [-0.2, 0) is 10.9 Å². The molecule has 0 unspecified atom stereocenters. The minimum Gasteiger partial charge on any atom is -0.465 e. The van der Waals surface area contributed by atoms with Crippen molar-refractivity contribution in [1.82, 2.24) is 4.98 Å². The topological polar surface area (TPSA) is 59.2 Å². The van der Waals surface area contributed by atoms with E-state index in [0.29, 0.717) is 0 Å². The Kier molecular flexibility index (Phi) is 3.61. The third kappa shape index (κ3) is 2.54. The number of H-pyrrole nitrogens is 1. The zero-order valence-corrected chi connectivity index (χ0v) is 9.97. The number of halogens is 4. The van der Waals surface area contributed by atoms with Crippen molar-refractivity contribution < 1.29 is 22.7 Å². The second-order valence-corrected chi connectivity index (χ2v) is 3.89. The van der Waals surface area contributed by atoms with E-state index in [0.717, 1.165) is 13.2 Å². The molecule has 0 amide bonds. The van der Waals surface area contributed by atoms with Gasteiger partial charge in [0.25, 0.3) is 5.56 Å². The first-order valence-corrected chi connectivity index (χ1v) is 4.93. The molecule has 0 aliphatic heterocycles. The van der Waals surface area contributed by atoms with Gasteiger partial charge in [-0.3, -0.25) is 4.79 Å². The van der Waals surface area contributed by atoms with E-state index >= 15 is 0 Å². The molecular formula is C8H5F3INO3. The van der Waals surface area contributed by atoms with Crippen molar-refractivity contribution in [1.29, 1.82) is 0 Å². The number of carbonyl (C=O) groups is 1. The highest BCUT2D eigenvalue weighted by molar-refractivity contribution is 14.1. The molecule has 0 saturated heterocycles. The van der Waals surface area contributed by atoms with Crippen molar-refractivity contribution in [2.45, 2.75) is 6.18 Å². The Bertz CT molecular complexity index is 480. The van der Waals surface area contributed by atoms with Crippen molar-refractivity contribution in [3.8, 4) is 0 Å². The van der Waals surface area contributed by atoms with E-state index in [9.17, 15) is 22.8 Å². The van der Waals surface area contributed by atoms with Crippen LogP contribution in [-0.4, -0.2) is 18.1 Å². The minimum atomic E-state index is -4.81. The Balaban J connectivity index is 3.52. The maximum absolute atomic E-state index is 12.5. The summed E-state index contributed by atoms with van der Waals surface area (Å²) >= 11 is 1.53. The summed E-state index contributed by atoms with van der Waals surface area (Å²) in [5.41, 5.74) is -3.01. The number of methoxy groups -OCH3 is 1. The van der Waals surface area contributed by atoms with Crippen LogP contribution >= 0.6 is 22.6 Å². The lowest BCUT2D eigenvalue weighted by Crippen LogP contribution is -2.23. The quantitative estimate of drug-likeness (QED) is 0.623. The SMILES string of the molecule is COC(=O)c1cc(I)c(=O)[nH]c1C(F)(F)F. The molecule has 0 bridgehead atoms. The van der Waals surface area contributed by atoms with Crippen LogP contribution in [0, 0.1) is 3.57 Å². The molecule has 16 heavy (non-hydrogen) atoms. The minimum absolute atomic E-state index is 0.0222. The fourth-order valence-corrected chi connectivity index (χ4v) is 1.45.